The van der Waals surface area contributed by atoms with Gasteiger partial charge in [-0.3, -0.25) is 14.2 Å². The van der Waals surface area contributed by atoms with Crippen LogP contribution in [0.1, 0.15) is 17.2 Å². The minimum absolute atomic E-state index is 0.214. The molecule has 1 amide bonds. The van der Waals surface area contributed by atoms with Crippen LogP contribution in [-0.4, -0.2) is 15.5 Å². The molecule has 0 aliphatic heterocycles. The Morgan fingerprint density at radius 1 is 0.968 bits per heavy atom. The average Bonchev–Trinajstić information content (AvgIpc) is 2.78. The Morgan fingerprint density at radius 2 is 1.65 bits per heavy atom. The normalized spacial score (nSPS) is 11.9. The highest BCUT2D eigenvalue weighted by molar-refractivity contribution is 7.71. The molecule has 3 aromatic carbocycles. The maximum absolute atomic E-state index is 13.3. The number of aromatic amines is 1. The number of nitrogens with one attached hydrogen (secondary N) is 2. The van der Waals surface area contributed by atoms with E-state index < -0.39 is 6.04 Å². The number of hydrogen-bond donors (Lipinski definition) is 2. The Hall–Kier alpha value is -3.22. The summed E-state index contributed by atoms with van der Waals surface area (Å²) in [5, 5.41) is 4.05. The molecule has 2 N–H and O–H groups in total. The number of aromatic nitrogens is 2. The Kier molecular flexibility index (Phi) is 6.30. The van der Waals surface area contributed by atoms with Gasteiger partial charge in [0.15, 0.2) is 4.77 Å². The molecule has 5 nitrogen and oxygen atoms in total. The summed E-state index contributed by atoms with van der Waals surface area (Å²) in [5.41, 5.74) is 2.20. The molecule has 156 valence electrons. The molecule has 7 heteroatoms. The molecule has 1 aromatic heterocycles. The SMILES string of the molecule is O=C(NCc1ccc(Cl)cc1)[C@H](Cc1ccccc1)n1c(=S)[nH]c2ccccc2c1=O. The van der Waals surface area contributed by atoms with Crippen molar-refractivity contribution in [2.24, 2.45) is 0 Å². The van der Waals surface area contributed by atoms with Crippen molar-refractivity contribution in [3.63, 3.8) is 0 Å². The van der Waals surface area contributed by atoms with E-state index in [1.54, 1.807) is 30.3 Å². The Bertz CT molecular complexity index is 1330. The number of fused-ring (bicyclic) bond motifs is 1. The summed E-state index contributed by atoms with van der Waals surface area (Å²) < 4.78 is 1.59. The molecule has 1 heterocycles. The van der Waals surface area contributed by atoms with Gasteiger partial charge in [0, 0.05) is 18.0 Å². The van der Waals surface area contributed by atoms with E-state index in [0.717, 1.165) is 11.1 Å². The van der Waals surface area contributed by atoms with Gasteiger partial charge < -0.3 is 10.3 Å². The van der Waals surface area contributed by atoms with Crippen molar-refractivity contribution in [1.29, 1.82) is 0 Å². The van der Waals surface area contributed by atoms with Crippen LogP contribution in [0.4, 0.5) is 0 Å². The second kappa shape index (κ2) is 9.29. The van der Waals surface area contributed by atoms with E-state index in [1.165, 1.54) is 4.57 Å². The van der Waals surface area contributed by atoms with E-state index in [0.29, 0.717) is 28.9 Å². The van der Waals surface area contributed by atoms with E-state index in [-0.39, 0.29) is 16.2 Å². The quantitative estimate of drug-likeness (QED) is 0.415. The predicted octanol–water partition coefficient (Wildman–Crippen LogP) is 4.81. The van der Waals surface area contributed by atoms with Crippen LogP contribution in [0.15, 0.2) is 83.7 Å². The van der Waals surface area contributed by atoms with E-state index in [9.17, 15) is 9.59 Å². The third-order valence-electron chi connectivity index (χ3n) is 5.10. The lowest BCUT2D eigenvalue weighted by Crippen LogP contribution is -2.39. The summed E-state index contributed by atoms with van der Waals surface area (Å²) >= 11 is 11.4. The number of carbonyl (C=O) groups is 1. The van der Waals surface area contributed by atoms with Crippen LogP contribution in [0.2, 0.25) is 5.02 Å². The van der Waals surface area contributed by atoms with Crippen LogP contribution >= 0.6 is 23.8 Å². The lowest BCUT2D eigenvalue weighted by atomic mass is 10.0. The average molecular weight is 450 g/mol. The van der Waals surface area contributed by atoms with E-state index in [1.807, 2.05) is 48.5 Å². The summed E-state index contributed by atoms with van der Waals surface area (Å²) in [6.45, 7) is 0.320. The van der Waals surface area contributed by atoms with Gasteiger partial charge in [-0.15, -0.1) is 0 Å². The van der Waals surface area contributed by atoms with Gasteiger partial charge >= 0.3 is 0 Å². The molecule has 0 fully saturated rings. The number of nitrogens with zero attached hydrogens (tertiary/aromatic N) is 1. The molecule has 0 saturated carbocycles. The number of carbonyl (C=O) groups excluding carboxylic acids is 1. The first-order valence-corrected chi connectivity index (χ1v) is 10.6. The van der Waals surface area contributed by atoms with Crippen LogP contribution in [0.5, 0.6) is 0 Å². The molecule has 4 rings (SSSR count). The molecule has 1 atom stereocenters. The molecule has 0 bridgehead atoms. The second-order valence-electron chi connectivity index (χ2n) is 7.20. The monoisotopic (exact) mass is 449 g/mol. The molecule has 0 aliphatic carbocycles. The lowest BCUT2D eigenvalue weighted by Gasteiger charge is -2.20. The Labute approximate surface area is 189 Å². The minimum Gasteiger partial charge on any atom is -0.350 e. The van der Waals surface area contributed by atoms with Crippen molar-refractivity contribution in [3.05, 3.63) is 110 Å². The summed E-state index contributed by atoms with van der Waals surface area (Å²) in [6.07, 6.45) is 0.336. The molecule has 0 aliphatic rings. The van der Waals surface area contributed by atoms with Gasteiger partial charge in [-0.2, -0.15) is 0 Å². The maximum Gasteiger partial charge on any atom is 0.262 e. The van der Waals surface area contributed by atoms with Crippen molar-refractivity contribution in [1.82, 2.24) is 14.9 Å². The Balaban J connectivity index is 1.71. The summed E-state index contributed by atoms with van der Waals surface area (Å²) in [5.74, 6) is -0.282. The topological polar surface area (TPSA) is 66.9 Å². The van der Waals surface area contributed by atoms with Gasteiger partial charge in [-0.1, -0.05) is 66.2 Å². The first kappa shape index (κ1) is 21.0. The fourth-order valence-electron chi connectivity index (χ4n) is 3.51. The van der Waals surface area contributed by atoms with Gasteiger partial charge in [0.1, 0.15) is 6.04 Å². The summed E-state index contributed by atoms with van der Waals surface area (Å²) in [6, 6.07) is 23.2. The van der Waals surface area contributed by atoms with Crippen molar-refractivity contribution < 1.29 is 4.79 Å². The second-order valence-corrected chi connectivity index (χ2v) is 8.02. The third-order valence-corrected chi connectivity index (χ3v) is 5.65. The van der Waals surface area contributed by atoms with Crippen molar-refractivity contribution in [2.75, 3.05) is 0 Å². The van der Waals surface area contributed by atoms with Crippen molar-refractivity contribution in [3.8, 4) is 0 Å². The highest BCUT2D eigenvalue weighted by Gasteiger charge is 2.24. The maximum atomic E-state index is 13.3. The number of H-pyrrole nitrogens is 1. The van der Waals surface area contributed by atoms with Gasteiger partial charge in [-0.25, -0.2) is 0 Å². The van der Waals surface area contributed by atoms with E-state index >= 15 is 0 Å². The number of rotatable bonds is 6. The molecule has 0 unspecified atom stereocenters. The standard InChI is InChI=1S/C24H20ClN3O2S/c25-18-12-10-17(11-13-18)15-26-22(29)21(14-16-6-2-1-3-7-16)28-23(30)19-8-4-5-9-20(19)27-24(28)31/h1-13,21H,14-15H2,(H,26,29)(H,27,31)/t21-/m0/s1. The molecule has 0 saturated heterocycles. The molecule has 4 aromatic rings. The van der Waals surface area contributed by atoms with E-state index in [4.69, 9.17) is 23.8 Å². The first-order chi connectivity index (χ1) is 15.0. The Morgan fingerprint density at radius 3 is 2.39 bits per heavy atom. The number of benzene rings is 3. The van der Waals surface area contributed by atoms with Crippen LogP contribution < -0.4 is 10.9 Å². The molecular formula is C24H20ClN3O2S. The minimum atomic E-state index is -0.796. The lowest BCUT2D eigenvalue weighted by molar-refractivity contribution is -0.124. The smallest absolute Gasteiger partial charge is 0.262 e. The van der Waals surface area contributed by atoms with E-state index in [2.05, 4.69) is 10.3 Å². The number of para-hydroxylation sites is 1. The van der Waals surface area contributed by atoms with Crippen LogP contribution in [0.25, 0.3) is 10.9 Å². The zero-order chi connectivity index (χ0) is 21.8. The zero-order valence-electron chi connectivity index (χ0n) is 16.5. The van der Waals surface area contributed by atoms with Gasteiger partial charge in [0.2, 0.25) is 5.91 Å². The molecule has 31 heavy (non-hydrogen) atoms. The van der Waals surface area contributed by atoms with Crippen molar-refractivity contribution >= 4 is 40.6 Å². The largest absolute Gasteiger partial charge is 0.350 e. The van der Waals surface area contributed by atoms with Gasteiger partial charge in [0.25, 0.3) is 5.56 Å². The fraction of sp³-hybridized carbons (Fsp3) is 0.125. The molecular weight excluding hydrogens is 430 g/mol. The van der Waals surface area contributed by atoms with Crippen molar-refractivity contribution in [2.45, 2.75) is 19.0 Å². The number of amides is 1. The number of halogens is 1. The van der Waals surface area contributed by atoms with Crippen LogP contribution in [0.3, 0.4) is 0 Å². The third kappa shape index (κ3) is 4.76. The summed E-state index contributed by atoms with van der Waals surface area (Å²) in [4.78, 5) is 29.6. The zero-order valence-corrected chi connectivity index (χ0v) is 18.1. The fourth-order valence-corrected chi connectivity index (χ4v) is 3.95. The van der Waals surface area contributed by atoms with Crippen LogP contribution in [0, 0.1) is 4.77 Å². The number of hydrogen-bond acceptors (Lipinski definition) is 3. The van der Waals surface area contributed by atoms with Gasteiger partial charge in [-0.05, 0) is 47.6 Å². The van der Waals surface area contributed by atoms with Gasteiger partial charge in [0.05, 0.1) is 10.9 Å². The molecule has 0 radical (unpaired) electrons. The predicted molar refractivity (Wildman–Crippen MR) is 126 cm³/mol. The van der Waals surface area contributed by atoms with Crippen LogP contribution in [-0.2, 0) is 17.8 Å². The highest BCUT2D eigenvalue weighted by Crippen LogP contribution is 2.17. The highest BCUT2D eigenvalue weighted by atomic mass is 35.5. The first-order valence-electron chi connectivity index (χ1n) is 9.82. The summed E-state index contributed by atoms with van der Waals surface area (Å²) in [7, 11) is 0. The molecule has 0 spiro atoms.